The van der Waals surface area contributed by atoms with E-state index in [4.69, 9.17) is 4.98 Å². The van der Waals surface area contributed by atoms with Crippen molar-refractivity contribution in [1.29, 1.82) is 0 Å². The normalized spacial score (nSPS) is 32.2. The van der Waals surface area contributed by atoms with Crippen LogP contribution in [0.5, 0.6) is 0 Å². The van der Waals surface area contributed by atoms with E-state index >= 15 is 0 Å². The fourth-order valence-corrected chi connectivity index (χ4v) is 3.43. The number of hydrogen-bond acceptors (Lipinski definition) is 3. The van der Waals surface area contributed by atoms with Crippen molar-refractivity contribution in [2.24, 2.45) is 5.92 Å². The van der Waals surface area contributed by atoms with E-state index < -0.39 is 0 Å². The zero-order valence-corrected chi connectivity index (χ0v) is 10.4. The van der Waals surface area contributed by atoms with Gasteiger partial charge >= 0.3 is 0 Å². The first-order chi connectivity index (χ1) is 8.33. The molecule has 2 aliphatic heterocycles. The summed E-state index contributed by atoms with van der Waals surface area (Å²) in [6.45, 7) is 5.65. The Morgan fingerprint density at radius 2 is 2.18 bits per heavy atom. The third kappa shape index (κ3) is 1.50. The standard InChI is InChI=1S/C13H20N4/c1-9-8-17(11-2-3-11)13(15-9)16-5-4-10-6-14-7-12(10)16/h8,10-12,14H,2-7H2,1H3/t10-,12+/m0/s1. The number of anilines is 1. The van der Waals surface area contributed by atoms with Gasteiger partial charge < -0.3 is 14.8 Å². The largest absolute Gasteiger partial charge is 0.338 e. The van der Waals surface area contributed by atoms with Crippen LogP contribution in [0.25, 0.3) is 0 Å². The van der Waals surface area contributed by atoms with Crippen LogP contribution in [-0.4, -0.2) is 35.2 Å². The van der Waals surface area contributed by atoms with Crippen molar-refractivity contribution in [2.45, 2.75) is 38.3 Å². The molecule has 2 saturated heterocycles. The minimum atomic E-state index is 0.689. The van der Waals surface area contributed by atoms with E-state index in [9.17, 15) is 0 Å². The highest BCUT2D eigenvalue weighted by Crippen LogP contribution is 2.40. The van der Waals surface area contributed by atoms with Crippen molar-refractivity contribution in [3.05, 3.63) is 11.9 Å². The van der Waals surface area contributed by atoms with Crippen molar-refractivity contribution in [3.8, 4) is 0 Å². The second-order valence-electron chi connectivity index (χ2n) is 5.79. The summed E-state index contributed by atoms with van der Waals surface area (Å²) in [5.41, 5.74) is 1.17. The summed E-state index contributed by atoms with van der Waals surface area (Å²) in [6, 6.07) is 1.42. The van der Waals surface area contributed by atoms with Crippen molar-refractivity contribution >= 4 is 5.95 Å². The summed E-state index contributed by atoms with van der Waals surface area (Å²) in [7, 11) is 0. The molecule has 0 aromatic carbocycles. The molecular formula is C13H20N4. The van der Waals surface area contributed by atoms with Crippen molar-refractivity contribution in [3.63, 3.8) is 0 Å². The van der Waals surface area contributed by atoms with Gasteiger partial charge in [-0.05, 0) is 32.1 Å². The monoisotopic (exact) mass is 232 g/mol. The molecule has 1 aromatic rings. The lowest BCUT2D eigenvalue weighted by molar-refractivity contribution is 0.570. The molecule has 0 unspecified atom stereocenters. The van der Waals surface area contributed by atoms with E-state index in [1.165, 1.54) is 44.0 Å². The van der Waals surface area contributed by atoms with Crippen LogP contribution in [0.3, 0.4) is 0 Å². The number of nitrogens with zero attached hydrogens (tertiary/aromatic N) is 3. The summed E-state index contributed by atoms with van der Waals surface area (Å²) in [5.74, 6) is 2.08. The molecule has 4 nitrogen and oxygen atoms in total. The van der Waals surface area contributed by atoms with E-state index in [0.717, 1.165) is 18.5 Å². The molecule has 1 saturated carbocycles. The van der Waals surface area contributed by atoms with Crippen LogP contribution in [0.15, 0.2) is 6.20 Å². The zero-order valence-electron chi connectivity index (χ0n) is 10.4. The van der Waals surface area contributed by atoms with Crippen LogP contribution in [0, 0.1) is 12.8 Å². The Kier molecular flexibility index (Phi) is 2.04. The average molecular weight is 232 g/mol. The number of nitrogens with one attached hydrogen (secondary N) is 1. The number of rotatable bonds is 2. The summed E-state index contributed by atoms with van der Waals surface area (Å²) >= 11 is 0. The molecule has 2 atom stereocenters. The maximum Gasteiger partial charge on any atom is 0.206 e. The molecule has 3 aliphatic rings. The number of aryl methyl sites for hydroxylation is 1. The van der Waals surface area contributed by atoms with Gasteiger partial charge in [-0.2, -0.15) is 0 Å². The summed E-state index contributed by atoms with van der Waals surface area (Å²) in [5, 5.41) is 3.52. The Balaban J connectivity index is 1.69. The lowest BCUT2D eigenvalue weighted by Crippen LogP contribution is -2.36. The fraction of sp³-hybridized carbons (Fsp3) is 0.769. The lowest BCUT2D eigenvalue weighted by Gasteiger charge is -2.25. The predicted molar refractivity (Wildman–Crippen MR) is 67.3 cm³/mol. The highest BCUT2D eigenvalue weighted by Gasteiger charge is 2.40. The van der Waals surface area contributed by atoms with Crippen LogP contribution < -0.4 is 10.2 Å². The Morgan fingerprint density at radius 3 is 3.00 bits per heavy atom. The molecule has 17 heavy (non-hydrogen) atoms. The lowest BCUT2D eigenvalue weighted by atomic mass is 10.1. The van der Waals surface area contributed by atoms with Crippen molar-refractivity contribution in [2.75, 3.05) is 24.5 Å². The number of hydrogen-bond donors (Lipinski definition) is 1. The van der Waals surface area contributed by atoms with Gasteiger partial charge in [0.1, 0.15) is 0 Å². The molecule has 4 rings (SSSR count). The molecule has 1 N–H and O–H groups in total. The summed E-state index contributed by atoms with van der Waals surface area (Å²) in [6.07, 6.45) is 6.24. The Hall–Kier alpha value is -1.03. The van der Waals surface area contributed by atoms with Gasteiger partial charge in [0.05, 0.1) is 5.69 Å². The minimum Gasteiger partial charge on any atom is -0.338 e. The highest BCUT2D eigenvalue weighted by atomic mass is 15.4. The van der Waals surface area contributed by atoms with Gasteiger partial charge in [-0.25, -0.2) is 4.98 Å². The molecule has 4 heteroatoms. The van der Waals surface area contributed by atoms with E-state index in [1.807, 2.05) is 0 Å². The van der Waals surface area contributed by atoms with E-state index in [0.29, 0.717) is 6.04 Å². The molecule has 0 spiro atoms. The highest BCUT2D eigenvalue weighted by molar-refractivity contribution is 5.39. The number of imidazole rings is 1. The molecule has 1 aromatic heterocycles. The van der Waals surface area contributed by atoms with Gasteiger partial charge in [0.2, 0.25) is 5.95 Å². The van der Waals surface area contributed by atoms with E-state index in [2.05, 4.69) is 27.9 Å². The maximum atomic E-state index is 4.78. The minimum absolute atomic E-state index is 0.689. The van der Waals surface area contributed by atoms with Gasteiger partial charge in [-0.1, -0.05) is 0 Å². The van der Waals surface area contributed by atoms with Gasteiger partial charge in [-0.15, -0.1) is 0 Å². The molecule has 1 aliphatic carbocycles. The fourth-order valence-electron chi connectivity index (χ4n) is 3.43. The first-order valence-electron chi connectivity index (χ1n) is 6.86. The predicted octanol–water partition coefficient (Wildman–Crippen LogP) is 1.32. The first kappa shape index (κ1) is 9.95. The Bertz CT molecular complexity index is 435. The molecule has 3 heterocycles. The third-order valence-electron chi connectivity index (χ3n) is 4.48. The second kappa shape index (κ2) is 3.48. The molecule has 0 radical (unpaired) electrons. The Labute approximate surface area is 102 Å². The van der Waals surface area contributed by atoms with Crippen LogP contribution in [0.4, 0.5) is 5.95 Å². The van der Waals surface area contributed by atoms with E-state index in [1.54, 1.807) is 0 Å². The topological polar surface area (TPSA) is 33.1 Å². The summed E-state index contributed by atoms with van der Waals surface area (Å²) in [4.78, 5) is 7.33. The first-order valence-corrected chi connectivity index (χ1v) is 6.86. The van der Waals surface area contributed by atoms with Crippen molar-refractivity contribution < 1.29 is 0 Å². The van der Waals surface area contributed by atoms with Crippen LogP contribution in [0.1, 0.15) is 31.0 Å². The smallest absolute Gasteiger partial charge is 0.206 e. The average Bonchev–Trinajstić information content (AvgIpc) is 2.74. The maximum absolute atomic E-state index is 4.78. The Morgan fingerprint density at radius 1 is 1.29 bits per heavy atom. The van der Waals surface area contributed by atoms with Crippen LogP contribution >= 0.6 is 0 Å². The van der Waals surface area contributed by atoms with Crippen LogP contribution in [0.2, 0.25) is 0 Å². The van der Waals surface area contributed by atoms with E-state index in [-0.39, 0.29) is 0 Å². The van der Waals surface area contributed by atoms with Crippen molar-refractivity contribution in [1.82, 2.24) is 14.9 Å². The summed E-state index contributed by atoms with van der Waals surface area (Å²) < 4.78 is 2.43. The molecule has 0 amide bonds. The number of fused-ring (bicyclic) bond motifs is 1. The second-order valence-corrected chi connectivity index (χ2v) is 5.79. The molecular weight excluding hydrogens is 212 g/mol. The van der Waals surface area contributed by atoms with Gasteiger partial charge in [-0.3, -0.25) is 0 Å². The molecule has 0 bridgehead atoms. The van der Waals surface area contributed by atoms with Gasteiger partial charge in [0.25, 0.3) is 0 Å². The zero-order chi connectivity index (χ0) is 11.4. The van der Waals surface area contributed by atoms with Crippen LogP contribution in [-0.2, 0) is 0 Å². The SMILES string of the molecule is Cc1cn(C2CC2)c(N2CC[C@H]3CNC[C@H]32)n1. The molecule has 3 fully saturated rings. The van der Waals surface area contributed by atoms with Gasteiger partial charge in [0.15, 0.2) is 0 Å². The third-order valence-corrected chi connectivity index (χ3v) is 4.48. The molecule has 92 valence electrons. The quantitative estimate of drug-likeness (QED) is 0.835. The number of aromatic nitrogens is 2. The van der Waals surface area contributed by atoms with Gasteiger partial charge in [0, 0.05) is 37.9 Å².